The molecule has 112 valence electrons. The largest absolute Gasteiger partial charge is 0.495 e. The van der Waals surface area contributed by atoms with E-state index in [9.17, 15) is 4.79 Å². The van der Waals surface area contributed by atoms with Crippen molar-refractivity contribution in [3.8, 4) is 5.75 Å². The van der Waals surface area contributed by atoms with Crippen molar-refractivity contribution in [2.24, 2.45) is 0 Å². The van der Waals surface area contributed by atoms with Crippen LogP contribution in [0.25, 0.3) is 0 Å². The van der Waals surface area contributed by atoms with Crippen LogP contribution in [0.5, 0.6) is 5.75 Å². The molecule has 4 nitrogen and oxygen atoms in total. The number of carbonyl (C=O) groups is 1. The number of hydrogen-bond acceptors (Lipinski definition) is 3. The molecule has 1 aromatic rings. The predicted molar refractivity (Wildman–Crippen MR) is 93.4 cm³/mol. The number of Topliss-reactive ketones (excluding diaryl/α,β-unsaturated/α-hetero) is 1. The van der Waals surface area contributed by atoms with Crippen LogP contribution >= 0.6 is 44.1 Å². The fourth-order valence-corrected chi connectivity index (χ4v) is 4.10. The summed E-state index contributed by atoms with van der Waals surface area (Å²) in [6.45, 7) is 3.39. The van der Waals surface area contributed by atoms with Crippen LogP contribution < -0.4 is 15.4 Å². The Hall–Kier alpha value is -0.920. The van der Waals surface area contributed by atoms with E-state index in [4.69, 9.17) is 17.0 Å². The number of allylic oxidation sites excluding steroid dienone is 1. The first-order valence-electron chi connectivity index (χ1n) is 6.17. The molecular weight excluding hydrogens is 420 g/mol. The Balaban J connectivity index is 2.66. The van der Waals surface area contributed by atoms with Crippen LogP contribution in [0.3, 0.4) is 0 Å². The van der Waals surface area contributed by atoms with E-state index in [1.165, 1.54) is 0 Å². The lowest BCUT2D eigenvalue weighted by Gasteiger charge is -2.31. The molecular formula is C14H14Br2N2O2S. The number of ketones is 1. The van der Waals surface area contributed by atoms with Gasteiger partial charge in [-0.3, -0.25) is 4.79 Å². The zero-order valence-electron chi connectivity index (χ0n) is 11.7. The molecule has 0 aromatic heterocycles. The maximum atomic E-state index is 12.0. The molecule has 7 heteroatoms. The monoisotopic (exact) mass is 432 g/mol. The highest BCUT2D eigenvalue weighted by Gasteiger charge is 2.30. The van der Waals surface area contributed by atoms with Crippen molar-refractivity contribution in [3.63, 3.8) is 0 Å². The molecule has 0 aliphatic carbocycles. The number of halogens is 2. The minimum Gasteiger partial charge on any atom is -0.495 e. The lowest BCUT2D eigenvalue weighted by Crippen LogP contribution is -2.44. The number of carbonyl (C=O) groups excluding carboxylic acids is 1. The van der Waals surface area contributed by atoms with Crippen molar-refractivity contribution in [2.45, 2.75) is 19.9 Å². The molecule has 1 aromatic carbocycles. The average molecular weight is 434 g/mol. The van der Waals surface area contributed by atoms with Gasteiger partial charge in [0.15, 0.2) is 10.9 Å². The maximum Gasteiger partial charge on any atom is 0.171 e. The molecule has 1 unspecified atom stereocenters. The molecule has 0 fully saturated rings. The molecule has 2 N–H and O–H groups in total. The summed E-state index contributed by atoms with van der Waals surface area (Å²) < 4.78 is 7.17. The molecule has 0 bridgehead atoms. The van der Waals surface area contributed by atoms with Crippen molar-refractivity contribution >= 4 is 55.0 Å². The van der Waals surface area contributed by atoms with Gasteiger partial charge in [-0.2, -0.15) is 0 Å². The fourth-order valence-electron chi connectivity index (χ4n) is 2.40. The van der Waals surface area contributed by atoms with Gasteiger partial charge in [-0.25, -0.2) is 0 Å². The Morgan fingerprint density at radius 2 is 2.05 bits per heavy atom. The minimum absolute atomic E-state index is 0.0156. The van der Waals surface area contributed by atoms with E-state index in [-0.39, 0.29) is 11.8 Å². The highest BCUT2D eigenvalue weighted by Crippen LogP contribution is 2.39. The molecule has 0 saturated heterocycles. The lowest BCUT2D eigenvalue weighted by atomic mass is 9.92. The van der Waals surface area contributed by atoms with Crippen LogP contribution in [-0.4, -0.2) is 18.0 Å². The Bertz CT molecular complexity index is 659. The normalized spacial score (nSPS) is 18.1. The number of hydrogen-bond donors (Lipinski definition) is 2. The van der Waals surface area contributed by atoms with Gasteiger partial charge in [0.2, 0.25) is 0 Å². The first-order valence-corrected chi connectivity index (χ1v) is 8.16. The van der Waals surface area contributed by atoms with Crippen LogP contribution in [0.1, 0.15) is 25.5 Å². The number of rotatable bonds is 3. The fraction of sp³-hybridized carbons (Fsp3) is 0.286. The molecule has 1 aliphatic heterocycles. The second-order valence-corrected chi connectivity index (χ2v) is 6.81. The summed E-state index contributed by atoms with van der Waals surface area (Å²) in [7, 11) is 1.60. The van der Waals surface area contributed by atoms with Gasteiger partial charge in [0.1, 0.15) is 5.75 Å². The second kappa shape index (κ2) is 6.46. The van der Waals surface area contributed by atoms with Gasteiger partial charge in [0, 0.05) is 21.3 Å². The van der Waals surface area contributed by atoms with Crippen LogP contribution in [0.15, 0.2) is 32.3 Å². The quantitative estimate of drug-likeness (QED) is 0.713. The van der Waals surface area contributed by atoms with Gasteiger partial charge in [0.05, 0.1) is 17.6 Å². The number of ether oxygens (including phenoxy) is 1. The van der Waals surface area contributed by atoms with Gasteiger partial charge in [-0.1, -0.05) is 15.9 Å². The number of nitrogens with one attached hydrogen (secondary N) is 2. The summed E-state index contributed by atoms with van der Waals surface area (Å²) in [6.07, 6.45) is 0. The molecule has 1 atom stereocenters. The maximum absolute atomic E-state index is 12.0. The summed E-state index contributed by atoms with van der Waals surface area (Å²) in [5.74, 6) is 0.658. The third-order valence-electron chi connectivity index (χ3n) is 3.20. The standard InChI is InChI=1S/C14H14Br2N2O2S/c1-6-11(7(2)19)12(18-14(21)17-6)9-4-8(15)5-10(16)13(9)20-3/h4-5,12H,1-3H3,(H2,17,18,21). The SMILES string of the molecule is COc1c(Br)cc(Br)cc1C1NC(=S)NC(C)=C1C(C)=O. The summed E-state index contributed by atoms with van der Waals surface area (Å²) in [4.78, 5) is 12.0. The van der Waals surface area contributed by atoms with E-state index < -0.39 is 0 Å². The Kier molecular flexibility index (Phi) is 5.06. The first-order chi connectivity index (χ1) is 9.85. The molecule has 1 heterocycles. The lowest BCUT2D eigenvalue weighted by molar-refractivity contribution is -0.114. The highest BCUT2D eigenvalue weighted by molar-refractivity contribution is 9.11. The average Bonchev–Trinajstić information content (AvgIpc) is 2.36. The topological polar surface area (TPSA) is 50.4 Å². The summed E-state index contributed by atoms with van der Waals surface area (Å²) >= 11 is 12.2. The molecule has 21 heavy (non-hydrogen) atoms. The van der Waals surface area contributed by atoms with E-state index in [0.717, 1.165) is 20.2 Å². The highest BCUT2D eigenvalue weighted by atomic mass is 79.9. The van der Waals surface area contributed by atoms with E-state index in [1.807, 2.05) is 19.1 Å². The van der Waals surface area contributed by atoms with Crippen LogP contribution in [-0.2, 0) is 4.79 Å². The van der Waals surface area contributed by atoms with Crippen LogP contribution in [0.4, 0.5) is 0 Å². The molecule has 0 radical (unpaired) electrons. The minimum atomic E-state index is -0.347. The Morgan fingerprint density at radius 1 is 1.38 bits per heavy atom. The zero-order valence-corrected chi connectivity index (χ0v) is 15.7. The van der Waals surface area contributed by atoms with Gasteiger partial charge < -0.3 is 15.4 Å². The van der Waals surface area contributed by atoms with E-state index in [2.05, 4.69) is 42.5 Å². The number of benzene rings is 1. The van der Waals surface area contributed by atoms with Crippen molar-refractivity contribution in [2.75, 3.05) is 7.11 Å². The molecule has 0 saturated carbocycles. The zero-order chi connectivity index (χ0) is 15.7. The first kappa shape index (κ1) is 16.5. The third kappa shape index (κ3) is 3.30. The van der Waals surface area contributed by atoms with Crippen molar-refractivity contribution in [1.29, 1.82) is 0 Å². The number of methoxy groups -OCH3 is 1. The molecule has 2 rings (SSSR count). The molecule has 0 spiro atoms. The Labute approximate surface area is 145 Å². The predicted octanol–water partition coefficient (Wildman–Crippen LogP) is 3.60. The van der Waals surface area contributed by atoms with Gasteiger partial charge >= 0.3 is 0 Å². The van der Waals surface area contributed by atoms with Crippen molar-refractivity contribution < 1.29 is 9.53 Å². The van der Waals surface area contributed by atoms with Crippen molar-refractivity contribution in [1.82, 2.24) is 10.6 Å². The summed E-state index contributed by atoms with van der Waals surface area (Å²) in [5, 5.41) is 6.62. The third-order valence-corrected chi connectivity index (χ3v) is 4.47. The molecule has 1 aliphatic rings. The van der Waals surface area contributed by atoms with Crippen LogP contribution in [0.2, 0.25) is 0 Å². The second-order valence-electron chi connectivity index (χ2n) is 4.64. The smallest absolute Gasteiger partial charge is 0.171 e. The van der Waals surface area contributed by atoms with Crippen molar-refractivity contribution in [3.05, 3.63) is 37.9 Å². The number of thiocarbonyl (C=S) groups is 1. The van der Waals surface area contributed by atoms with Crippen LogP contribution in [0, 0.1) is 0 Å². The van der Waals surface area contributed by atoms with E-state index in [1.54, 1.807) is 14.0 Å². The van der Waals surface area contributed by atoms with Gasteiger partial charge in [0.25, 0.3) is 0 Å². The molecule has 0 amide bonds. The Morgan fingerprint density at radius 3 is 2.62 bits per heavy atom. The van der Waals surface area contributed by atoms with Gasteiger partial charge in [-0.15, -0.1) is 0 Å². The van der Waals surface area contributed by atoms with Gasteiger partial charge in [-0.05, 0) is 54.1 Å². The summed E-state index contributed by atoms with van der Waals surface area (Å²) in [5.41, 5.74) is 2.24. The van der Waals surface area contributed by atoms with E-state index >= 15 is 0 Å². The van der Waals surface area contributed by atoms with E-state index in [0.29, 0.717) is 16.4 Å². The summed E-state index contributed by atoms with van der Waals surface area (Å²) in [6, 6.07) is 3.47.